The van der Waals surface area contributed by atoms with Gasteiger partial charge in [0, 0.05) is 41.8 Å². The fourth-order valence-electron chi connectivity index (χ4n) is 3.89. The molecule has 0 radical (unpaired) electrons. The standard InChI is InChI=1S/C24H17NO5/c1-25-12-14(9-21-24(29)23-19(28)10-16(27)11-20(23)30-21)22-17(3-2-4-18(22)25)13-5-7-15(26)8-6-13/h2-12,26-28H,1H3/b21-9-. The molecule has 0 saturated carbocycles. The lowest BCUT2D eigenvalue weighted by atomic mass is 9.98. The first-order valence-electron chi connectivity index (χ1n) is 9.30. The number of Topliss-reactive ketones (excluding diaryl/α,β-unsaturated/α-hetero) is 1. The van der Waals surface area contributed by atoms with Crippen LogP contribution in [-0.2, 0) is 7.05 Å². The number of ketones is 1. The second-order valence-electron chi connectivity index (χ2n) is 7.22. The Morgan fingerprint density at radius 3 is 2.50 bits per heavy atom. The first kappa shape index (κ1) is 17.9. The van der Waals surface area contributed by atoms with Crippen LogP contribution in [0.4, 0.5) is 0 Å². The van der Waals surface area contributed by atoms with Gasteiger partial charge in [-0.25, -0.2) is 0 Å². The van der Waals surface area contributed by atoms with Crippen LogP contribution in [0.15, 0.2) is 66.6 Å². The van der Waals surface area contributed by atoms with Gasteiger partial charge in [0.25, 0.3) is 0 Å². The third-order valence-electron chi connectivity index (χ3n) is 5.25. The summed E-state index contributed by atoms with van der Waals surface area (Å²) >= 11 is 0. The number of aryl methyl sites for hydroxylation is 1. The molecule has 148 valence electrons. The number of hydrogen-bond donors (Lipinski definition) is 3. The second-order valence-corrected chi connectivity index (χ2v) is 7.22. The van der Waals surface area contributed by atoms with Gasteiger partial charge in [-0.3, -0.25) is 4.79 Å². The van der Waals surface area contributed by atoms with Gasteiger partial charge in [0.2, 0.25) is 5.78 Å². The van der Waals surface area contributed by atoms with E-state index in [1.807, 2.05) is 48.1 Å². The molecule has 0 fully saturated rings. The van der Waals surface area contributed by atoms with Crippen LogP contribution in [0, 0.1) is 0 Å². The topological polar surface area (TPSA) is 91.9 Å². The van der Waals surface area contributed by atoms with Gasteiger partial charge in [-0.2, -0.15) is 0 Å². The number of phenolic OH excluding ortho intramolecular Hbond substituents is 3. The van der Waals surface area contributed by atoms with E-state index >= 15 is 0 Å². The minimum absolute atomic E-state index is 0.0399. The van der Waals surface area contributed by atoms with E-state index in [0.29, 0.717) is 0 Å². The molecule has 0 unspecified atom stereocenters. The van der Waals surface area contributed by atoms with Crippen molar-refractivity contribution in [1.29, 1.82) is 0 Å². The Labute approximate surface area is 171 Å². The summed E-state index contributed by atoms with van der Waals surface area (Å²) < 4.78 is 7.61. The van der Waals surface area contributed by atoms with Crippen molar-refractivity contribution in [3.05, 3.63) is 77.7 Å². The molecule has 0 saturated heterocycles. The number of ether oxygens (including phenoxy) is 1. The predicted octanol–water partition coefficient (Wildman–Crippen LogP) is 4.58. The number of fused-ring (bicyclic) bond motifs is 2. The molecule has 1 aliphatic heterocycles. The Balaban J connectivity index is 1.68. The molecular formula is C24H17NO5. The summed E-state index contributed by atoms with van der Waals surface area (Å²) in [6.45, 7) is 0. The summed E-state index contributed by atoms with van der Waals surface area (Å²) in [4.78, 5) is 12.8. The summed E-state index contributed by atoms with van der Waals surface area (Å²) in [5.74, 6) is -0.559. The average molecular weight is 399 g/mol. The van der Waals surface area contributed by atoms with E-state index in [1.54, 1.807) is 18.2 Å². The minimum atomic E-state index is -0.443. The van der Waals surface area contributed by atoms with Crippen LogP contribution in [0.5, 0.6) is 23.0 Å². The maximum Gasteiger partial charge on any atom is 0.235 e. The van der Waals surface area contributed by atoms with E-state index in [4.69, 9.17) is 4.74 Å². The van der Waals surface area contributed by atoms with Gasteiger partial charge < -0.3 is 24.6 Å². The number of nitrogens with zero attached hydrogens (tertiary/aromatic N) is 1. The summed E-state index contributed by atoms with van der Waals surface area (Å²) in [6.07, 6.45) is 3.55. The summed E-state index contributed by atoms with van der Waals surface area (Å²) in [5, 5.41) is 30.3. The van der Waals surface area contributed by atoms with Crippen LogP contribution in [0.2, 0.25) is 0 Å². The molecule has 6 heteroatoms. The highest BCUT2D eigenvalue weighted by molar-refractivity contribution is 6.17. The Bertz CT molecular complexity index is 1360. The molecule has 5 rings (SSSR count). The predicted molar refractivity (Wildman–Crippen MR) is 113 cm³/mol. The van der Waals surface area contributed by atoms with Gasteiger partial charge >= 0.3 is 0 Å². The molecule has 2 heterocycles. The molecule has 1 aliphatic rings. The first-order chi connectivity index (χ1) is 14.4. The number of aromatic hydroxyl groups is 3. The van der Waals surface area contributed by atoms with Crippen LogP contribution in [0.1, 0.15) is 15.9 Å². The number of phenols is 3. The zero-order valence-corrected chi connectivity index (χ0v) is 16.0. The molecule has 0 bridgehead atoms. The van der Waals surface area contributed by atoms with Gasteiger partial charge in [0.05, 0.1) is 0 Å². The molecule has 3 N–H and O–H groups in total. The molecule has 0 aliphatic carbocycles. The molecule has 0 atom stereocenters. The van der Waals surface area contributed by atoms with E-state index in [-0.39, 0.29) is 34.3 Å². The van der Waals surface area contributed by atoms with Crippen molar-refractivity contribution in [2.24, 2.45) is 7.05 Å². The number of carbonyl (C=O) groups is 1. The third-order valence-corrected chi connectivity index (χ3v) is 5.25. The average Bonchev–Trinajstić information content (AvgIpc) is 3.19. The molecule has 6 nitrogen and oxygen atoms in total. The maximum absolute atomic E-state index is 12.8. The number of allylic oxidation sites excluding steroid dienone is 1. The quantitative estimate of drug-likeness (QED) is 0.429. The van der Waals surface area contributed by atoms with Crippen LogP contribution in [-0.4, -0.2) is 25.7 Å². The largest absolute Gasteiger partial charge is 0.508 e. The zero-order valence-electron chi connectivity index (χ0n) is 16.0. The van der Waals surface area contributed by atoms with Crippen molar-refractivity contribution in [2.75, 3.05) is 0 Å². The fourth-order valence-corrected chi connectivity index (χ4v) is 3.89. The van der Waals surface area contributed by atoms with E-state index < -0.39 is 5.78 Å². The lowest BCUT2D eigenvalue weighted by Crippen LogP contribution is -1.98. The number of benzene rings is 3. The van der Waals surface area contributed by atoms with Crippen molar-refractivity contribution in [3.8, 4) is 34.1 Å². The number of carbonyl (C=O) groups excluding carboxylic acids is 1. The van der Waals surface area contributed by atoms with Gasteiger partial charge in [-0.1, -0.05) is 24.3 Å². The van der Waals surface area contributed by atoms with Crippen LogP contribution in [0.3, 0.4) is 0 Å². The highest BCUT2D eigenvalue weighted by Gasteiger charge is 2.31. The second kappa shape index (κ2) is 6.42. The third kappa shape index (κ3) is 2.69. The molecule has 0 spiro atoms. The van der Waals surface area contributed by atoms with E-state index in [1.165, 1.54) is 6.07 Å². The first-order valence-corrected chi connectivity index (χ1v) is 9.30. The molecule has 1 aromatic heterocycles. The van der Waals surface area contributed by atoms with Crippen molar-refractivity contribution in [2.45, 2.75) is 0 Å². The molecule has 3 aromatic carbocycles. The number of rotatable bonds is 2. The van der Waals surface area contributed by atoms with E-state index in [9.17, 15) is 20.1 Å². The molecule has 4 aromatic rings. The summed E-state index contributed by atoms with van der Waals surface area (Å²) in [6, 6.07) is 15.3. The lowest BCUT2D eigenvalue weighted by Gasteiger charge is -2.06. The fraction of sp³-hybridized carbons (Fsp3) is 0.0417. The van der Waals surface area contributed by atoms with Crippen LogP contribution < -0.4 is 4.74 Å². The van der Waals surface area contributed by atoms with Crippen molar-refractivity contribution in [3.63, 3.8) is 0 Å². The summed E-state index contributed by atoms with van der Waals surface area (Å²) in [5.41, 5.74) is 3.65. The monoisotopic (exact) mass is 399 g/mol. The Morgan fingerprint density at radius 2 is 1.73 bits per heavy atom. The molecular weight excluding hydrogens is 382 g/mol. The van der Waals surface area contributed by atoms with Crippen molar-refractivity contribution in [1.82, 2.24) is 4.57 Å². The minimum Gasteiger partial charge on any atom is -0.508 e. The van der Waals surface area contributed by atoms with Crippen LogP contribution >= 0.6 is 0 Å². The molecule has 0 amide bonds. The van der Waals surface area contributed by atoms with Crippen molar-refractivity contribution >= 4 is 22.8 Å². The van der Waals surface area contributed by atoms with Gasteiger partial charge in [-0.05, 0) is 35.4 Å². The number of aromatic nitrogens is 1. The highest BCUT2D eigenvalue weighted by Crippen LogP contribution is 2.41. The Morgan fingerprint density at radius 1 is 0.967 bits per heavy atom. The van der Waals surface area contributed by atoms with E-state index in [0.717, 1.165) is 33.7 Å². The van der Waals surface area contributed by atoms with Gasteiger partial charge in [0.15, 0.2) is 5.76 Å². The summed E-state index contributed by atoms with van der Waals surface area (Å²) in [7, 11) is 1.92. The zero-order chi connectivity index (χ0) is 21.0. The van der Waals surface area contributed by atoms with Gasteiger partial charge in [0.1, 0.15) is 28.6 Å². The Hall–Kier alpha value is -4.19. The van der Waals surface area contributed by atoms with E-state index in [2.05, 4.69) is 0 Å². The normalized spacial score (nSPS) is 14.3. The smallest absolute Gasteiger partial charge is 0.235 e. The lowest BCUT2D eigenvalue weighted by molar-refractivity contribution is 0.101. The van der Waals surface area contributed by atoms with Gasteiger partial charge in [-0.15, -0.1) is 0 Å². The maximum atomic E-state index is 12.8. The van der Waals surface area contributed by atoms with Crippen LogP contribution in [0.25, 0.3) is 28.1 Å². The van der Waals surface area contributed by atoms with Crippen molar-refractivity contribution < 1.29 is 24.9 Å². The molecule has 30 heavy (non-hydrogen) atoms. The Kier molecular flexibility index (Phi) is 3.83. The highest BCUT2D eigenvalue weighted by atomic mass is 16.5. The SMILES string of the molecule is Cn1cc(/C=C2\Oc3cc(O)cc(O)c3C2=O)c2c(-c3ccc(O)cc3)cccc21. The number of hydrogen-bond acceptors (Lipinski definition) is 5.